The molecule has 0 aliphatic carbocycles. The Morgan fingerprint density at radius 3 is 2.54 bits per heavy atom. The zero-order valence-corrected chi connectivity index (χ0v) is 21.7. The molecule has 0 unspecified atom stereocenters. The minimum Gasteiger partial charge on any atom is -0.497 e. The molecule has 4 rings (SSSR count). The first kappa shape index (κ1) is 25.7. The molecule has 2 fully saturated rings. The molecule has 2 aliphatic heterocycles. The van der Waals surface area contributed by atoms with Gasteiger partial charge in [0.2, 0.25) is 10.0 Å². The molecule has 1 N–H and O–H groups in total. The van der Waals surface area contributed by atoms with E-state index in [0.29, 0.717) is 24.8 Å². The van der Waals surface area contributed by atoms with Gasteiger partial charge in [-0.25, -0.2) is 8.42 Å². The maximum Gasteiger partial charge on any atom is 0.243 e. The highest BCUT2D eigenvalue weighted by atomic mass is 32.2. The maximum atomic E-state index is 13.6. The highest BCUT2D eigenvalue weighted by molar-refractivity contribution is 7.89. The second kappa shape index (κ2) is 11.1. The van der Waals surface area contributed by atoms with Crippen molar-refractivity contribution in [3.63, 3.8) is 0 Å². The monoisotopic (exact) mass is 496 g/mol. The van der Waals surface area contributed by atoms with Crippen molar-refractivity contribution in [2.75, 3.05) is 33.4 Å². The van der Waals surface area contributed by atoms with Gasteiger partial charge < -0.3 is 9.84 Å². The van der Waals surface area contributed by atoms with Crippen molar-refractivity contribution in [1.82, 2.24) is 9.21 Å². The second-order valence-electron chi connectivity index (χ2n) is 9.85. The lowest BCUT2D eigenvalue weighted by Crippen LogP contribution is -2.67. The predicted octanol–water partition coefficient (Wildman–Crippen LogP) is 3.71. The summed E-state index contributed by atoms with van der Waals surface area (Å²) in [5.74, 6) is 7.59. The number of aliphatic hydroxyl groups is 1. The van der Waals surface area contributed by atoms with Crippen molar-refractivity contribution < 1.29 is 18.3 Å². The fourth-order valence-electron chi connectivity index (χ4n) is 5.18. The van der Waals surface area contributed by atoms with E-state index in [9.17, 15) is 13.5 Å². The molecular weight excluding hydrogens is 460 g/mol. The summed E-state index contributed by atoms with van der Waals surface area (Å²) in [6.45, 7) is 6.13. The smallest absolute Gasteiger partial charge is 0.243 e. The van der Waals surface area contributed by atoms with Crippen LogP contribution in [0.25, 0.3) is 0 Å². The van der Waals surface area contributed by atoms with E-state index in [1.54, 1.807) is 28.6 Å². The summed E-state index contributed by atoms with van der Waals surface area (Å²) in [6, 6.07) is 14.9. The summed E-state index contributed by atoms with van der Waals surface area (Å²) in [5, 5.41) is 10.2. The molecular formula is C28H36N2O4S. The third-order valence-electron chi connectivity index (χ3n) is 7.05. The van der Waals surface area contributed by atoms with Gasteiger partial charge in [0.1, 0.15) is 5.75 Å². The van der Waals surface area contributed by atoms with E-state index in [2.05, 4.69) is 42.7 Å². The molecule has 6 nitrogen and oxygen atoms in total. The summed E-state index contributed by atoms with van der Waals surface area (Å²) < 4.78 is 34.0. The highest BCUT2D eigenvalue weighted by Gasteiger charge is 2.50. The Bertz CT molecular complexity index is 1170. The van der Waals surface area contributed by atoms with Crippen molar-refractivity contribution >= 4 is 10.0 Å². The molecule has 0 aromatic heterocycles. The van der Waals surface area contributed by atoms with Crippen LogP contribution in [0.2, 0.25) is 0 Å². The molecule has 7 heteroatoms. The third-order valence-corrected chi connectivity index (χ3v) is 8.91. The Balaban J connectivity index is 1.58. The van der Waals surface area contributed by atoms with E-state index >= 15 is 0 Å². The van der Waals surface area contributed by atoms with Gasteiger partial charge in [-0.1, -0.05) is 43.9 Å². The fourth-order valence-corrected chi connectivity index (χ4v) is 6.72. The van der Waals surface area contributed by atoms with E-state index in [1.165, 1.54) is 7.11 Å². The second-order valence-corrected chi connectivity index (χ2v) is 11.8. The Morgan fingerprint density at radius 2 is 1.86 bits per heavy atom. The standard InChI is InChI=1S/C28H36N2O4S/c1-21(2)8-6-9-22-12-14-23(15-13-22)28-26-19-29(16-4-5-17-30(26)27(28)20-31)35(32,33)25-11-7-10-24(18-25)34-3/h7,10-15,18,21,26-28,31H,4-5,8,16-17,19-20H2,1-3H3/t26-,27-,28-/m0/s1. The van der Waals surface area contributed by atoms with Crippen LogP contribution in [-0.2, 0) is 10.0 Å². The summed E-state index contributed by atoms with van der Waals surface area (Å²) in [5.41, 5.74) is 2.10. The van der Waals surface area contributed by atoms with Gasteiger partial charge in [0.25, 0.3) is 0 Å². The van der Waals surface area contributed by atoms with Gasteiger partial charge in [-0.2, -0.15) is 4.31 Å². The highest BCUT2D eigenvalue weighted by Crippen LogP contribution is 2.42. The molecule has 2 saturated heterocycles. The van der Waals surface area contributed by atoms with Crippen molar-refractivity contribution in [2.24, 2.45) is 5.92 Å². The number of hydrogen-bond acceptors (Lipinski definition) is 5. The number of fused-ring (bicyclic) bond motifs is 1. The molecule has 3 atom stereocenters. The molecule has 35 heavy (non-hydrogen) atoms. The fraction of sp³-hybridized carbons (Fsp3) is 0.500. The SMILES string of the molecule is COc1cccc(S(=O)(=O)N2CCCCN3[C@@H](CO)[C@@H](c4ccc(C#CCC(C)C)cc4)[C@@H]3C2)c1. The summed E-state index contributed by atoms with van der Waals surface area (Å²) >= 11 is 0. The van der Waals surface area contributed by atoms with Gasteiger partial charge in [0, 0.05) is 49.1 Å². The normalized spacial score (nSPS) is 23.4. The largest absolute Gasteiger partial charge is 0.497 e. The van der Waals surface area contributed by atoms with Gasteiger partial charge in [0.05, 0.1) is 18.6 Å². The zero-order valence-electron chi connectivity index (χ0n) is 20.9. The van der Waals surface area contributed by atoms with E-state index in [1.807, 2.05) is 12.1 Å². The van der Waals surface area contributed by atoms with Crippen LogP contribution in [0.5, 0.6) is 5.75 Å². The summed E-state index contributed by atoms with van der Waals surface area (Å²) in [6.07, 6.45) is 2.55. The number of ether oxygens (including phenoxy) is 1. The lowest BCUT2D eigenvalue weighted by molar-refractivity contribution is -0.0553. The molecule has 2 aromatic rings. The van der Waals surface area contributed by atoms with Gasteiger partial charge in [-0.05, 0) is 55.1 Å². The molecule has 0 spiro atoms. The first-order chi connectivity index (χ1) is 16.8. The van der Waals surface area contributed by atoms with Crippen LogP contribution >= 0.6 is 0 Å². The number of rotatable bonds is 6. The Kier molecular flexibility index (Phi) is 8.18. The first-order valence-electron chi connectivity index (χ1n) is 12.4. The van der Waals surface area contributed by atoms with Gasteiger partial charge >= 0.3 is 0 Å². The average molecular weight is 497 g/mol. The number of hydrogen-bond donors (Lipinski definition) is 1. The van der Waals surface area contributed by atoms with Crippen molar-refractivity contribution in [1.29, 1.82) is 0 Å². The van der Waals surface area contributed by atoms with E-state index in [0.717, 1.165) is 36.9 Å². The number of methoxy groups -OCH3 is 1. The summed E-state index contributed by atoms with van der Waals surface area (Å²) in [4.78, 5) is 2.54. The average Bonchev–Trinajstić information content (AvgIpc) is 2.83. The predicted molar refractivity (Wildman–Crippen MR) is 138 cm³/mol. The van der Waals surface area contributed by atoms with E-state index < -0.39 is 10.0 Å². The number of aliphatic hydroxyl groups excluding tert-OH is 1. The Morgan fingerprint density at radius 1 is 1.11 bits per heavy atom. The first-order valence-corrected chi connectivity index (χ1v) is 13.9. The molecule has 0 saturated carbocycles. The molecule has 2 heterocycles. The Hall–Kier alpha value is -2.37. The summed E-state index contributed by atoms with van der Waals surface area (Å²) in [7, 11) is -2.13. The third kappa shape index (κ3) is 5.57. The molecule has 0 bridgehead atoms. The molecule has 0 amide bonds. The van der Waals surface area contributed by atoms with Crippen LogP contribution in [0.15, 0.2) is 53.4 Å². The van der Waals surface area contributed by atoms with Crippen LogP contribution < -0.4 is 4.74 Å². The molecule has 2 aromatic carbocycles. The van der Waals surface area contributed by atoms with Crippen LogP contribution in [-0.4, -0.2) is 68.2 Å². The maximum absolute atomic E-state index is 13.6. The number of benzene rings is 2. The van der Waals surface area contributed by atoms with E-state index in [-0.39, 0.29) is 29.5 Å². The lowest BCUT2D eigenvalue weighted by atomic mass is 9.74. The lowest BCUT2D eigenvalue weighted by Gasteiger charge is -2.57. The topological polar surface area (TPSA) is 70.1 Å². The number of nitrogens with zero attached hydrogens (tertiary/aromatic N) is 2. The minimum absolute atomic E-state index is 0.00246. The molecule has 2 aliphatic rings. The van der Waals surface area contributed by atoms with Gasteiger partial charge in [-0.15, -0.1) is 0 Å². The van der Waals surface area contributed by atoms with Gasteiger partial charge in [-0.3, -0.25) is 4.90 Å². The Labute approximate surface area is 210 Å². The minimum atomic E-state index is -3.66. The zero-order chi connectivity index (χ0) is 25.0. The van der Waals surface area contributed by atoms with Crippen molar-refractivity contribution in [3.05, 3.63) is 59.7 Å². The van der Waals surface area contributed by atoms with Crippen molar-refractivity contribution in [3.8, 4) is 17.6 Å². The van der Waals surface area contributed by atoms with Crippen molar-refractivity contribution in [2.45, 2.75) is 56.0 Å². The van der Waals surface area contributed by atoms with Crippen LogP contribution in [0.1, 0.15) is 50.2 Å². The van der Waals surface area contributed by atoms with Crippen LogP contribution in [0, 0.1) is 17.8 Å². The van der Waals surface area contributed by atoms with Crippen LogP contribution in [0.3, 0.4) is 0 Å². The quantitative estimate of drug-likeness (QED) is 0.618. The van der Waals surface area contributed by atoms with Crippen LogP contribution in [0.4, 0.5) is 0 Å². The molecule has 188 valence electrons. The molecule has 0 radical (unpaired) electrons. The number of sulfonamides is 1. The van der Waals surface area contributed by atoms with E-state index in [4.69, 9.17) is 4.74 Å². The van der Waals surface area contributed by atoms with Gasteiger partial charge in [0.15, 0.2) is 0 Å².